The number of likely N-dealkylation sites (N-methyl/N-ethyl adjacent to an activating group) is 1. The summed E-state index contributed by atoms with van der Waals surface area (Å²) in [5, 5.41) is 0. The zero-order valence-electron chi connectivity index (χ0n) is 8.04. The summed E-state index contributed by atoms with van der Waals surface area (Å²) in [5.41, 5.74) is 5.44. The van der Waals surface area contributed by atoms with Crippen molar-refractivity contribution in [2.24, 2.45) is 5.73 Å². The second-order valence-electron chi connectivity index (χ2n) is 2.84. The van der Waals surface area contributed by atoms with Crippen molar-refractivity contribution in [3.05, 3.63) is 0 Å². The van der Waals surface area contributed by atoms with Crippen molar-refractivity contribution in [1.29, 1.82) is 0 Å². The Kier molecular flexibility index (Phi) is 6.24. The van der Waals surface area contributed by atoms with Gasteiger partial charge in [0.05, 0.1) is 11.1 Å². The van der Waals surface area contributed by atoms with Gasteiger partial charge in [-0.15, -0.1) is 0 Å². The average molecular weight is 190 g/mol. The molecule has 12 heavy (non-hydrogen) atoms. The molecule has 0 bridgehead atoms. The third kappa shape index (κ3) is 5.46. The van der Waals surface area contributed by atoms with E-state index in [1.807, 2.05) is 6.92 Å². The van der Waals surface area contributed by atoms with Crippen LogP contribution in [0, 0.1) is 0 Å². The van der Waals surface area contributed by atoms with Gasteiger partial charge in [-0.2, -0.15) is 0 Å². The maximum absolute atomic E-state index is 5.44. The third-order valence-corrected chi connectivity index (χ3v) is 1.87. The molecule has 0 spiro atoms. The highest BCUT2D eigenvalue weighted by molar-refractivity contribution is 7.80. The summed E-state index contributed by atoms with van der Waals surface area (Å²) in [5.74, 6) is 0. The lowest BCUT2D eigenvalue weighted by atomic mass is 10.3. The van der Waals surface area contributed by atoms with Crippen molar-refractivity contribution in [2.75, 3.05) is 26.7 Å². The second-order valence-corrected chi connectivity index (χ2v) is 3.36. The quantitative estimate of drug-likeness (QED) is 0.624. The molecule has 0 aliphatic rings. The van der Waals surface area contributed by atoms with Gasteiger partial charge >= 0.3 is 0 Å². The van der Waals surface area contributed by atoms with Gasteiger partial charge in [-0.05, 0) is 13.5 Å². The largest absolute Gasteiger partial charge is 0.392 e. The Bertz CT molecular complexity index is 141. The van der Waals surface area contributed by atoms with Crippen molar-refractivity contribution >= 4 is 17.2 Å². The van der Waals surface area contributed by atoms with Crippen LogP contribution in [0.2, 0.25) is 0 Å². The summed E-state index contributed by atoms with van der Waals surface area (Å²) in [6.45, 7) is 6.62. The lowest BCUT2D eigenvalue weighted by molar-refractivity contribution is 0.0841. The van der Waals surface area contributed by atoms with Gasteiger partial charge in [0, 0.05) is 20.2 Å². The van der Waals surface area contributed by atoms with E-state index < -0.39 is 0 Å². The Balaban J connectivity index is 3.74. The number of thiocarbonyl (C=S) groups is 1. The van der Waals surface area contributed by atoms with Gasteiger partial charge in [-0.1, -0.05) is 19.1 Å². The molecule has 0 aromatic rings. The molecule has 0 aliphatic heterocycles. The number of nitrogens with zero attached hydrogens (tertiary/aromatic N) is 1. The van der Waals surface area contributed by atoms with Crippen LogP contribution in [-0.2, 0) is 4.74 Å². The van der Waals surface area contributed by atoms with Crippen LogP contribution in [0.5, 0.6) is 0 Å². The molecule has 0 fully saturated rings. The molecule has 1 unspecified atom stereocenters. The predicted octanol–water partition coefficient (Wildman–Crippen LogP) is 0.629. The lowest BCUT2D eigenvalue weighted by Crippen LogP contribution is -2.37. The molecule has 4 heteroatoms. The Morgan fingerprint density at radius 2 is 2.25 bits per heavy atom. The summed E-state index contributed by atoms with van der Waals surface area (Å²) in [4.78, 5) is 2.71. The van der Waals surface area contributed by atoms with Crippen LogP contribution in [0.4, 0.5) is 0 Å². The minimum absolute atomic E-state index is 0.235. The monoisotopic (exact) mass is 190 g/mol. The van der Waals surface area contributed by atoms with Gasteiger partial charge in [0.1, 0.15) is 0 Å². The van der Waals surface area contributed by atoms with E-state index in [0.717, 1.165) is 13.1 Å². The van der Waals surface area contributed by atoms with Gasteiger partial charge in [0.2, 0.25) is 0 Å². The van der Waals surface area contributed by atoms with E-state index in [0.29, 0.717) is 11.5 Å². The highest BCUT2D eigenvalue weighted by Crippen LogP contribution is 1.94. The van der Waals surface area contributed by atoms with Crippen LogP contribution in [0.1, 0.15) is 13.8 Å². The molecule has 0 heterocycles. The minimum atomic E-state index is 0.235. The van der Waals surface area contributed by atoms with Crippen LogP contribution >= 0.6 is 12.2 Å². The summed E-state index contributed by atoms with van der Waals surface area (Å²) in [7, 11) is 1.71. The Morgan fingerprint density at radius 1 is 1.67 bits per heavy atom. The van der Waals surface area contributed by atoms with Gasteiger partial charge in [0.25, 0.3) is 0 Å². The number of hydrogen-bond acceptors (Lipinski definition) is 3. The topological polar surface area (TPSA) is 38.5 Å². The highest BCUT2D eigenvalue weighted by Gasteiger charge is 2.07. The average Bonchev–Trinajstić information content (AvgIpc) is 2.02. The fourth-order valence-corrected chi connectivity index (χ4v) is 1.15. The van der Waals surface area contributed by atoms with Crippen molar-refractivity contribution in [2.45, 2.75) is 20.0 Å². The zero-order chi connectivity index (χ0) is 9.56. The van der Waals surface area contributed by atoms with E-state index in [-0.39, 0.29) is 6.10 Å². The number of methoxy groups -OCH3 is 1. The van der Waals surface area contributed by atoms with E-state index in [2.05, 4.69) is 11.8 Å². The van der Waals surface area contributed by atoms with Crippen LogP contribution in [0.3, 0.4) is 0 Å². The molecule has 1 atom stereocenters. The van der Waals surface area contributed by atoms with E-state index in [1.54, 1.807) is 7.11 Å². The SMILES string of the molecule is CCN(CC(N)=S)CC(C)OC. The standard InChI is InChI=1S/C8H18N2OS/c1-4-10(6-8(9)12)5-7(2)11-3/h7H,4-6H2,1-3H3,(H2,9,12). The zero-order valence-corrected chi connectivity index (χ0v) is 8.86. The Labute approximate surface area is 79.9 Å². The molecule has 0 saturated heterocycles. The molecule has 0 saturated carbocycles. The fourth-order valence-electron chi connectivity index (χ4n) is 0.964. The van der Waals surface area contributed by atoms with Gasteiger partial charge < -0.3 is 10.5 Å². The third-order valence-electron chi connectivity index (χ3n) is 1.74. The lowest BCUT2D eigenvalue weighted by Gasteiger charge is -2.22. The van der Waals surface area contributed by atoms with E-state index in [1.165, 1.54) is 0 Å². The van der Waals surface area contributed by atoms with Gasteiger partial charge in [0.15, 0.2) is 0 Å². The van der Waals surface area contributed by atoms with E-state index in [4.69, 9.17) is 22.7 Å². The summed E-state index contributed by atoms with van der Waals surface area (Å²) in [6.07, 6.45) is 0.235. The van der Waals surface area contributed by atoms with Crippen molar-refractivity contribution in [1.82, 2.24) is 4.90 Å². The van der Waals surface area contributed by atoms with Crippen molar-refractivity contribution in [3.8, 4) is 0 Å². The Morgan fingerprint density at radius 3 is 2.58 bits per heavy atom. The Hall–Kier alpha value is -0.190. The van der Waals surface area contributed by atoms with Crippen LogP contribution in [0.25, 0.3) is 0 Å². The second kappa shape index (κ2) is 6.34. The van der Waals surface area contributed by atoms with Crippen molar-refractivity contribution in [3.63, 3.8) is 0 Å². The summed E-state index contributed by atoms with van der Waals surface area (Å²) >= 11 is 4.82. The smallest absolute Gasteiger partial charge is 0.0870 e. The molecular formula is C8H18N2OS. The minimum Gasteiger partial charge on any atom is -0.392 e. The molecule has 3 nitrogen and oxygen atoms in total. The molecule has 0 aromatic heterocycles. The van der Waals surface area contributed by atoms with E-state index >= 15 is 0 Å². The van der Waals surface area contributed by atoms with Crippen LogP contribution in [0.15, 0.2) is 0 Å². The molecule has 0 aliphatic carbocycles. The first-order valence-corrected chi connectivity index (χ1v) is 4.54. The van der Waals surface area contributed by atoms with Crippen LogP contribution in [-0.4, -0.2) is 42.7 Å². The molecule has 72 valence electrons. The van der Waals surface area contributed by atoms with Gasteiger partial charge in [-0.3, -0.25) is 4.90 Å². The molecule has 0 amide bonds. The summed E-state index contributed by atoms with van der Waals surface area (Å²) in [6, 6.07) is 0. The number of hydrogen-bond donors (Lipinski definition) is 1. The molecule has 2 N–H and O–H groups in total. The van der Waals surface area contributed by atoms with Gasteiger partial charge in [-0.25, -0.2) is 0 Å². The number of rotatable bonds is 6. The summed E-state index contributed by atoms with van der Waals surface area (Å²) < 4.78 is 5.14. The normalized spacial score (nSPS) is 13.3. The maximum Gasteiger partial charge on any atom is 0.0870 e. The van der Waals surface area contributed by atoms with Crippen LogP contribution < -0.4 is 5.73 Å². The number of nitrogens with two attached hydrogens (primary N) is 1. The molecule has 0 rings (SSSR count). The first kappa shape index (κ1) is 11.8. The number of ether oxygens (including phenoxy) is 1. The first-order chi connectivity index (χ1) is 5.60. The first-order valence-electron chi connectivity index (χ1n) is 4.13. The highest BCUT2D eigenvalue weighted by atomic mass is 32.1. The molecule has 0 aromatic carbocycles. The molecule has 0 radical (unpaired) electrons. The fraction of sp³-hybridized carbons (Fsp3) is 0.875. The maximum atomic E-state index is 5.44. The predicted molar refractivity (Wildman–Crippen MR) is 55.4 cm³/mol. The van der Waals surface area contributed by atoms with E-state index in [9.17, 15) is 0 Å². The molecular weight excluding hydrogens is 172 g/mol. The van der Waals surface area contributed by atoms with Crippen molar-refractivity contribution < 1.29 is 4.74 Å².